The molecule has 1 aliphatic rings. The lowest BCUT2D eigenvalue weighted by atomic mass is 10.1. The van der Waals surface area contributed by atoms with Crippen molar-refractivity contribution in [2.24, 2.45) is 0 Å². The second-order valence-corrected chi connectivity index (χ2v) is 6.05. The highest BCUT2D eigenvalue weighted by molar-refractivity contribution is 6.10. The minimum atomic E-state index is -2.25. The van der Waals surface area contributed by atoms with E-state index in [0.29, 0.717) is 11.5 Å². The minimum absolute atomic E-state index is 0.194. The van der Waals surface area contributed by atoms with Crippen LogP contribution < -0.4 is 9.80 Å². The number of rotatable bonds is 1. The fraction of sp³-hybridized carbons (Fsp3) is 0.150. The van der Waals surface area contributed by atoms with Crippen molar-refractivity contribution in [1.29, 1.82) is 0 Å². The Morgan fingerprint density at radius 3 is 2.92 bits per heavy atom. The zero-order valence-corrected chi connectivity index (χ0v) is 13.2. The summed E-state index contributed by atoms with van der Waals surface area (Å²) < 4.78 is 29.9. The van der Waals surface area contributed by atoms with Gasteiger partial charge in [-0.3, -0.25) is 0 Å². The fourth-order valence-corrected chi connectivity index (χ4v) is 3.48. The SMILES string of the molecule is [2H]C([2H])([2H])N1CN(c2c(C)ccc3c2oc2ccccc23)c2ncccc21. The molecule has 0 amide bonds. The van der Waals surface area contributed by atoms with Crippen molar-refractivity contribution in [2.45, 2.75) is 6.92 Å². The number of hydrogen-bond donors (Lipinski definition) is 0. The van der Waals surface area contributed by atoms with Crippen LogP contribution in [0.15, 0.2) is 59.1 Å². The number of para-hydroxylation sites is 1. The van der Waals surface area contributed by atoms with E-state index >= 15 is 0 Å². The molecule has 0 radical (unpaired) electrons. The molecule has 0 unspecified atom stereocenters. The molecule has 1 aliphatic heterocycles. The van der Waals surface area contributed by atoms with Gasteiger partial charge in [-0.05, 0) is 30.7 Å². The van der Waals surface area contributed by atoms with E-state index in [2.05, 4.69) is 11.1 Å². The van der Waals surface area contributed by atoms with Gasteiger partial charge in [-0.25, -0.2) is 4.98 Å². The van der Waals surface area contributed by atoms with Crippen LogP contribution in [0, 0.1) is 6.92 Å². The number of aryl methyl sites for hydroxylation is 1. The van der Waals surface area contributed by atoms with Crippen LogP contribution >= 0.6 is 0 Å². The highest BCUT2D eigenvalue weighted by Crippen LogP contribution is 2.44. The normalized spacial score (nSPS) is 16.3. The second kappa shape index (κ2) is 4.74. The molecule has 5 rings (SSSR count). The minimum Gasteiger partial charge on any atom is -0.454 e. The summed E-state index contributed by atoms with van der Waals surface area (Å²) in [7, 11) is 0. The first-order valence-electron chi connectivity index (χ1n) is 9.36. The molecular weight excluding hydrogens is 298 g/mol. The summed E-state index contributed by atoms with van der Waals surface area (Å²) in [6.45, 7) is -0.0510. The third kappa shape index (κ3) is 1.71. The van der Waals surface area contributed by atoms with Crippen LogP contribution in [-0.2, 0) is 0 Å². The Morgan fingerprint density at radius 2 is 2.00 bits per heavy atom. The van der Waals surface area contributed by atoms with Gasteiger partial charge in [0.25, 0.3) is 0 Å². The van der Waals surface area contributed by atoms with E-state index < -0.39 is 6.98 Å². The maximum absolute atomic E-state index is 7.90. The van der Waals surface area contributed by atoms with Crippen molar-refractivity contribution in [3.8, 4) is 0 Å². The van der Waals surface area contributed by atoms with E-state index in [0.717, 1.165) is 33.2 Å². The van der Waals surface area contributed by atoms with Crippen LogP contribution in [0.1, 0.15) is 9.68 Å². The number of hydrogen-bond acceptors (Lipinski definition) is 4. The first-order chi connectivity index (χ1) is 12.9. The molecule has 4 aromatic rings. The molecule has 4 nitrogen and oxygen atoms in total. The molecule has 0 atom stereocenters. The molecular formula is C20H17N3O. The van der Waals surface area contributed by atoms with Crippen LogP contribution in [0.5, 0.6) is 0 Å². The third-order valence-corrected chi connectivity index (χ3v) is 4.59. The van der Waals surface area contributed by atoms with Gasteiger partial charge in [-0.2, -0.15) is 0 Å². The van der Waals surface area contributed by atoms with Gasteiger partial charge in [0.2, 0.25) is 0 Å². The average molecular weight is 318 g/mol. The lowest BCUT2D eigenvalue weighted by molar-refractivity contribution is 0.667. The van der Waals surface area contributed by atoms with Gasteiger partial charge in [0.1, 0.15) is 5.58 Å². The molecule has 0 spiro atoms. The largest absolute Gasteiger partial charge is 0.454 e. The number of furan rings is 1. The maximum Gasteiger partial charge on any atom is 0.159 e. The maximum atomic E-state index is 7.90. The molecule has 0 bridgehead atoms. The van der Waals surface area contributed by atoms with E-state index in [4.69, 9.17) is 8.53 Å². The molecule has 2 aromatic carbocycles. The molecule has 24 heavy (non-hydrogen) atoms. The number of nitrogens with zero attached hydrogens (tertiary/aromatic N) is 3. The second-order valence-electron chi connectivity index (χ2n) is 6.05. The van der Waals surface area contributed by atoms with Crippen molar-refractivity contribution >= 4 is 39.1 Å². The number of aromatic nitrogens is 1. The van der Waals surface area contributed by atoms with Gasteiger partial charge >= 0.3 is 0 Å². The van der Waals surface area contributed by atoms with Gasteiger partial charge < -0.3 is 14.2 Å². The fourth-order valence-electron chi connectivity index (χ4n) is 3.48. The molecule has 118 valence electrons. The summed E-state index contributed by atoms with van der Waals surface area (Å²) in [4.78, 5) is 7.81. The van der Waals surface area contributed by atoms with Crippen LogP contribution in [0.4, 0.5) is 17.2 Å². The predicted octanol–water partition coefficient (Wildman–Crippen LogP) is 4.83. The Balaban J connectivity index is 1.78. The van der Waals surface area contributed by atoms with E-state index in [-0.39, 0.29) is 6.67 Å². The molecule has 0 fully saturated rings. The topological polar surface area (TPSA) is 32.5 Å². The van der Waals surface area contributed by atoms with Crippen LogP contribution in [0.2, 0.25) is 0 Å². The van der Waals surface area contributed by atoms with Crippen molar-refractivity contribution in [1.82, 2.24) is 4.98 Å². The Labute approximate surface area is 144 Å². The van der Waals surface area contributed by atoms with Crippen LogP contribution in [0.25, 0.3) is 21.9 Å². The average Bonchev–Trinajstić information content (AvgIpc) is 3.20. The molecule has 0 saturated heterocycles. The number of anilines is 3. The zero-order valence-electron chi connectivity index (χ0n) is 16.2. The van der Waals surface area contributed by atoms with E-state index in [1.165, 1.54) is 4.90 Å². The summed E-state index contributed by atoms with van der Waals surface area (Å²) in [6, 6.07) is 15.6. The predicted molar refractivity (Wildman–Crippen MR) is 98.1 cm³/mol. The summed E-state index contributed by atoms with van der Waals surface area (Å²) in [5.74, 6) is 0.629. The van der Waals surface area contributed by atoms with E-state index in [9.17, 15) is 0 Å². The number of pyridine rings is 1. The zero-order chi connectivity index (χ0) is 18.8. The van der Waals surface area contributed by atoms with Gasteiger partial charge in [0.05, 0.1) is 18.0 Å². The number of fused-ring (bicyclic) bond motifs is 4. The van der Waals surface area contributed by atoms with Gasteiger partial charge in [0.15, 0.2) is 11.4 Å². The first kappa shape index (κ1) is 10.7. The monoisotopic (exact) mass is 318 g/mol. The van der Waals surface area contributed by atoms with Crippen LogP contribution in [-0.4, -0.2) is 18.6 Å². The van der Waals surface area contributed by atoms with Crippen molar-refractivity contribution in [2.75, 3.05) is 23.4 Å². The summed E-state index contributed by atoms with van der Waals surface area (Å²) >= 11 is 0. The third-order valence-electron chi connectivity index (χ3n) is 4.59. The van der Waals surface area contributed by atoms with Gasteiger partial charge in [-0.15, -0.1) is 0 Å². The Morgan fingerprint density at radius 1 is 1.08 bits per heavy atom. The quantitative estimate of drug-likeness (QED) is 0.503. The molecule has 0 saturated carbocycles. The van der Waals surface area contributed by atoms with Gasteiger partial charge in [0, 0.05) is 28.1 Å². The van der Waals surface area contributed by atoms with Gasteiger partial charge in [-0.1, -0.05) is 30.3 Å². The lowest BCUT2D eigenvalue weighted by Crippen LogP contribution is -2.24. The molecule has 3 heterocycles. The van der Waals surface area contributed by atoms with Crippen LogP contribution in [0.3, 0.4) is 0 Å². The standard InChI is InChI=1S/C20H17N3O/c1-13-9-10-15-14-6-3-4-8-17(14)24-19(15)18(13)23-12-22(2)16-7-5-11-21-20(16)23/h3-11H,12H2,1-2H3/i2D3. The molecule has 2 aromatic heterocycles. The lowest BCUT2D eigenvalue weighted by Gasteiger charge is -2.20. The van der Waals surface area contributed by atoms with Crippen molar-refractivity contribution < 1.29 is 8.53 Å². The summed E-state index contributed by atoms with van der Waals surface area (Å²) in [5, 5.41) is 2.05. The van der Waals surface area contributed by atoms with Crippen molar-refractivity contribution in [3.63, 3.8) is 0 Å². The highest BCUT2D eigenvalue weighted by Gasteiger charge is 2.29. The van der Waals surface area contributed by atoms with Crippen molar-refractivity contribution in [3.05, 3.63) is 60.3 Å². The Kier molecular flexibility index (Phi) is 2.12. The van der Waals surface area contributed by atoms with E-state index in [1.807, 2.05) is 42.2 Å². The first-order valence-corrected chi connectivity index (χ1v) is 7.86. The number of benzene rings is 2. The van der Waals surface area contributed by atoms with E-state index in [1.54, 1.807) is 18.3 Å². The Bertz CT molecular complexity index is 1180. The summed E-state index contributed by atoms with van der Waals surface area (Å²) in [5.41, 5.74) is 4.03. The molecule has 4 heteroatoms. The molecule has 0 N–H and O–H groups in total. The molecule has 0 aliphatic carbocycles. The highest BCUT2D eigenvalue weighted by atomic mass is 16.3. The Hall–Kier alpha value is -3.01. The summed E-state index contributed by atoms with van der Waals surface area (Å²) in [6.07, 6.45) is 1.68. The smallest absolute Gasteiger partial charge is 0.159 e.